The third-order valence-corrected chi connectivity index (χ3v) is 5.84. The molecule has 0 aliphatic carbocycles. The van der Waals surface area contributed by atoms with Gasteiger partial charge in [0.15, 0.2) is 18.1 Å². The predicted molar refractivity (Wildman–Crippen MR) is 149 cm³/mol. The van der Waals surface area contributed by atoms with Crippen LogP contribution in [0.5, 0.6) is 11.5 Å². The molecule has 3 aromatic rings. The van der Waals surface area contributed by atoms with Gasteiger partial charge in [-0.1, -0.05) is 35.9 Å². The quantitative estimate of drug-likeness (QED) is 0.183. The molecule has 2 N–H and O–H groups in total. The van der Waals surface area contributed by atoms with Crippen molar-refractivity contribution in [3.05, 3.63) is 86.5 Å². The van der Waals surface area contributed by atoms with E-state index in [4.69, 9.17) is 9.47 Å². The summed E-state index contributed by atoms with van der Waals surface area (Å²) in [5.41, 5.74) is 3.94. The van der Waals surface area contributed by atoms with E-state index in [0.717, 1.165) is 16.8 Å². The van der Waals surface area contributed by atoms with Gasteiger partial charge in [-0.25, -0.2) is 0 Å². The Bertz CT molecular complexity index is 1330. The van der Waals surface area contributed by atoms with Gasteiger partial charge in [0, 0.05) is 11.4 Å². The normalized spacial score (nSPS) is 10.8. The Labute approximate surface area is 224 Å². The highest BCUT2D eigenvalue weighted by molar-refractivity contribution is 14.1. The molecule has 0 fully saturated rings. The van der Waals surface area contributed by atoms with Gasteiger partial charge in [0.1, 0.15) is 11.6 Å². The molecular formula is C28H26IN3O4. The molecular weight excluding hydrogens is 569 g/mol. The van der Waals surface area contributed by atoms with Crippen molar-refractivity contribution in [1.82, 2.24) is 0 Å². The maximum Gasteiger partial charge on any atom is 0.266 e. The summed E-state index contributed by atoms with van der Waals surface area (Å²) in [6, 6.07) is 20.1. The smallest absolute Gasteiger partial charge is 0.266 e. The van der Waals surface area contributed by atoms with E-state index in [1.165, 1.54) is 6.08 Å². The molecule has 0 aromatic heterocycles. The number of nitrogens with zero attached hydrogens (tertiary/aromatic N) is 1. The second-order valence-corrected chi connectivity index (χ2v) is 9.07. The zero-order valence-corrected chi connectivity index (χ0v) is 22.4. The molecule has 3 aromatic carbocycles. The van der Waals surface area contributed by atoms with Gasteiger partial charge in [-0.3, -0.25) is 9.59 Å². The molecule has 0 heterocycles. The molecule has 0 aliphatic rings. The summed E-state index contributed by atoms with van der Waals surface area (Å²) in [6.07, 6.45) is 1.49. The number of benzene rings is 3. The average molecular weight is 595 g/mol. The van der Waals surface area contributed by atoms with Crippen LogP contribution in [0.15, 0.2) is 66.2 Å². The minimum Gasteiger partial charge on any atom is -0.490 e. The van der Waals surface area contributed by atoms with Crippen LogP contribution in [0, 0.1) is 28.7 Å². The van der Waals surface area contributed by atoms with Crippen molar-refractivity contribution in [3.8, 4) is 17.6 Å². The Morgan fingerprint density at radius 1 is 1.03 bits per heavy atom. The lowest BCUT2D eigenvalue weighted by Crippen LogP contribution is -2.21. The van der Waals surface area contributed by atoms with Crippen molar-refractivity contribution in [3.63, 3.8) is 0 Å². The summed E-state index contributed by atoms with van der Waals surface area (Å²) in [7, 11) is 0. The monoisotopic (exact) mass is 595 g/mol. The fraction of sp³-hybridized carbons (Fsp3) is 0.179. The number of aryl methyl sites for hydroxylation is 2. The first-order chi connectivity index (χ1) is 17.3. The standard InChI is InChI=1S/C28H26IN3O4/c1-4-35-25-15-20(13-21(16-30)28(34)31-22-8-6-5-7-9-22)14-23(29)27(25)36-17-26(33)32-24-11-10-18(2)12-19(24)3/h5-15H,4,17H2,1-3H3,(H,31,34)(H,32,33)/b21-13+. The van der Waals surface area contributed by atoms with Crippen LogP contribution in [0.1, 0.15) is 23.6 Å². The fourth-order valence-electron chi connectivity index (χ4n) is 3.39. The van der Waals surface area contributed by atoms with Crippen LogP contribution >= 0.6 is 22.6 Å². The number of ether oxygens (including phenoxy) is 2. The molecule has 0 radical (unpaired) electrons. The predicted octanol–water partition coefficient (Wildman–Crippen LogP) is 5.87. The lowest BCUT2D eigenvalue weighted by Gasteiger charge is -2.15. The van der Waals surface area contributed by atoms with E-state index in [1.807, 2.05) is 51.1 Å². The Balaban J connectivity index is 1.77. The van der Waals surface area contributed by atoms with Gasteiger partial charge in [0.25, 0.3) is 11.8 Å². The van der Waals surface area contributed by atoms with Gasteiger partial charge in [0.05, 0.1) is 10.2 Å². The molecule has 0 saturated carbocycles. The van der Waals surface area contributed by atoms with Gasteiger partial charge in [-0.15, -0.1) is 0 Å². The molecule has 0 spiro atoms. The van der Waals surface area contributed by atoms with Crippen LogP contribution in [0.2, 0.25) is 0 Å². The number of carbonyl (C=O) groups excluding carboxylic acids is 2. The second kappa shape index (κ2) is 12.7. The van der Waals surface area contributed by atoms with E-state index >= 15 is 0 Å². The summed E-state index contributed by atoms with van der Waals surface area (Å²) in [5.74, 6) is 0.0157. The molecule has 0 bridgehead atoms. The number of nitrogens with one attached hydrogen (secondary N) is 2. The molecule has 2 amide bonds. The number of rotatable bonds is 9. The van der Waals surface area contributed by atoms with Crippen LogP contribution in [0.4, 0.5) is 11.4 Å². The highest BCUT2D eigenvalue weighted by Crippen LogP contribution is 2.35. The Morgan fingerprint density at radius 3 is 2.44 bits per heavy atom. The largest absolute Gasteiger partial charge is 0.490 e. The molecule has 0 aliphatic heterocycles. The van der Waals surface area contributed by atoms with E-state index in [-0.39, 0.29) is 18.1 Å². The first-order valence-electron chi connectivity index (χ1n) is 11.2. The zero-order valence-electron chi connectivity index (χ0n) is 20.2. The maximum absolute atomic E-state index is 12.6. The van der Waals surface area contributed by atoms with Crippen molar-refractivity contribution in [2.45, 2.75) is 20.8 Å². The van der Waals surface area contributed by atoms with Gasteiger partial charge < -0.3 is 20.1 Å². The summed E-state index contributed by atoms with van der Waals surface area (Å²) in [5, 5.41) is 15.1. The number of amides is 2. The third kappa shape index (κ3) is 7.33. The van der Waals surface area contributed by atoms with Gasteiger partial charge in [-0.05, 0) is 90.9 Å². The van der Waals surface area contributed by atoms with Crippen LogP contribution in [-0.4, -0.2) is 25.0 Å². The topological polar surface area (TPSA) is 100 Å². The number of nitriles is 1. The Kier molecular flexibility index (Phi) is 9.47. The molecule has 8 heteroatoms. The summed E-state index contributed by atoms with van der Waals surface area (Å²) in [4.78, 5) is 25.1. The molecule has 36 heavy (non-hydrogen) atoms. The van der Waals surface area contributed by atoms with Crippen molar-refractivity contribution in [2.75, 3.05) is 23.8 Å². The molecule has 0 saturated heterocycles. The average Bonchev–Trinajstić information content (AvgIpc) is 2.84. The first kappa shape index (κ1) is 26.8. The van der Waals surface area contributed by atoms with E-state index in [2.05, 4.69) is 33.2 Å². The summed E-state index contributed by atoms with van der Waals surface area (Å²) < 4.78 is 12.2. The van der Waals surface area contributed by atoms with Gasteiger partial charge >= 0.3 is 0 Å². The minimum atomic E-state index is -0.514. The summed E-state index contributed by atoms with van der Waals surface area (Å²) >= 11 is 2.08. The number of halogens is 1. The van der Waals surface area contributed by atoms with Crippen molar-refractivity contribution in [1.29, 1.82) is 5.26 Å². The zero-order chi connectivity index (χ0) is 26.1. The molecule has 184 valence electrons. The molecule has 0 atom stereocenters. The lowest BCUT2D eigenvalue weighted by molar-refractivity contribution is -0.118. The van der Waals surface area contributed by atoms with E-state index < -0.39 is 5.91 Å². The van der Waals surface area contributed by atoms with E-state index in [9.17, 15) is 14.9 Å². The first-order valence-corrected chi connectivity index (χ1v) is 12.3. The number of carbonyl (C=O) groups is 2. The maximum atomic E-state index is 12.6. The van der Waals surface area contributed by atoms with Crippen molar-refractivity contribution < 1.29 is 19.1 Å². The second-order valence-electron chi connectivity index (χ2n) is 7.91. The summed E-state index contributed by atoms with van der Waals surface area (Å²) in [6.45, 7) is 5.92. The van der Waals surface area contributed by atoms with Crippen LogP contribution in [0.25, 0.3) is 6.08 Å². The van der Waals surface area contributed by atoms with Crippen molar-refractivity contribution >= 4 is 51.9 Å². The minimum absolute atomic E-state index is 0.0568. The van der Waals surface area contributed by atoms with Crippen LogP contribution in [-0.2, 0) is 9.59 Å². The molecule has 7 nitrogen and oxygen atoms in total. The molecule has 0 unspecified atom stereocenters. The van der Waals surface area contributed by atoms with E-state index in [1.54, 1.807) is 36.4 Å². The Hall–Kier alpha value is -3.84. The number of hydrogen-bond acceptors (Lipinski definition) is 5. The number of hydrogen-bond donors (Lipinski definition) is 2. The SMILES string of the molecule is CCOc1cc(/C=C(\C#N)C(=O)Nc2ccccc2)cc(I)c1OCC(=O)Nc1ccc(C)cc1C. The number of anilines is 2. The van der Waals surface area contributed by atoms with Gasteiger partial charge in [-0.2, -0.15) is 5.26 Å². The number of para-hydroxylation sites is 1. The van der Waals surface area contributed by atoms with Crippen molar-refractivity contribution in [2.24, 2.45) is 0 Å². The van der Waals surface area contributed by atoms with Crippen LogP contribution < -0.4 is 20.1 Å². The lowest BCUT2D eigenvalue weighted by atomic mass is 10.1. The van der Waals surface area contributed by atoms with Crippen LogP contribution in [0.3, 0.4) is 0 Å². The Morgan fingerprint density at radius 2 is 1.78 bits per heavy atom. The highest BCUT2D eigenvalue weighted by Gasteiger charge is 2.16. The highest BCUT2D eigenvalue weighted by atomic mass is 127. The molecule has 3 rings (SSSR count). The fourth-order valence-corrected chi connectivity index (χ4v) is 4.17. The van der Waals surface area contributed by atoms with Gasteiger partial charge in [0.2, 0.25) is 0 Å². The third-order valence-electron chi connectivity index (χ3n) is 5.04. The van der Waals surface area contributed by atoms with E-state index in [0.29, 0.717) is 32.9 Å².